The van der Waals surface area contributed by atoms with E-state index < -0.39 is 24.1 Å². The third kappa shape index (κ3) is 4.27. The van der Waals surface area contributed by atoms with Crippen LogP contribution in [0.3, 0.4) is 0 Å². The Balaban J connectivity index is 2.14. The summed E-state index contributed by atoms with van der Waals surface area (Å²) in [4.78, 5) is 15.9. The molecule has 2 heterocycles. The predicted octanol–water partition coefficient (Wildman–Crippen LogP) is 1.41. The first-order valence-electron chi connectivity index (χ1n) is 8.71. The number of nitrogens with zero attached hydrogens (tertiary/aromatic N) is 2. The minimum Gasteiger partial charge on any atom is -0.387 e. The number of imidazole rings is 1. The summed E-state index contributed by atoms with van der Waals surface area (Å²) in [5.74, 6) is -0.789. The Morgan fingerprint density at radius 1 is 1.44 bits per heavy atom. The molecule has 0 unspecified atom stereocenters. The number of carbonyl (C=O) groups is 1. The molecule has 2 rings (SSSR count). The molecule has 0 saturated carbocycles. The standard InChI is InChI=1S/C17H28N2O6/c1-5-17(6-2)24-9-13(25-17)15(22)14(21)12-8-19(10-23-7-3)16(18-12)11(4)20/h8,13-15,21-22H,5-7,9-10H2,1-4H3/t13-,14-,15-/m1/s1. The molecule has 25 heavy (non-hydrogen) atoms. The van der Waals surface area contributed by atoms with Crippen LogP contribution in [0.15, 0.2) is 6.20 Å². The van der Waals surface area contributed by atoms with Gasteiger partial charge < -0.3 is 29.0 Å². The molecule has 0 aromatic carbocycles. The molecule has 0 aliphatic carbocycles. The zero-order valence-electron chi connectivity index (χ0n) is 15.3. The predicted molar refractivity (Wildman–Crippen MR) is 89.0 cm³/mol. The van der Waals surface area contributed by atoms with Gasteiger partial charge >= 0.3 is 0 Å². The van der Waals surface area contributed by atoms with Crippen molar-refractivity contribution in [3.8, 4) is 0 Å². The number of carbonyl (C=O) groups excluding carboxylic acids is 1. The minimum atomic E-state index is -1.29. The SMILES string of the molecule is CCOCn1cc([C@@H](O)[C@H](O)[C@H]2COC(CC)(CC)O2)nc1C(C)=O. The van der Waals surface area contributed by atoms with Gasteiger partial charge in [0.15, 0.2) is 17.4 Å². The van der Waals surface area contributed by atoms with E-state index in [2.05, 4.69) is 4.98 Å². The van der Waals surface area contributed by atoms with E-state index in [1.54, 1.807) is 0 Å². The van der Waals surface area contributed by atoms with E-state index in [1.807, 2.05) is 20.8 Å². The highest BCUT2D eigenvalue weighted by atomic mass is 16.7. The molecule has 2 N–H and O–H groups in total. The molecule has 1 fully saturated rings. The van der Waals surface area contributed by atoms with Gasteiger partial charge in [0.1, 0.15) is 25.0 Å². The van der Waals surface area contributed by atoms with Crippen LogP contribution in [-0.2, 0) is 20.9 Å². The maximum absolute atomic E-state index is 11.7. The number of Topliss-reactive ketones (excluding diaryl/α,β-unsaturated/α-hetero) is 1. The first kappa shape index (κ1) is 20.0. The lowest BCUT2D eigenvalue weighted by Gasteiger charge is -2.27. The van der Waals surface area contributed by atoms with Crippen molar-refractivity contribution in [2.24, 2.45) is 0 Å². The first-order chi connectivity index (χ1) is 11.9. The summed E-state index contributed by atoms with van der Waals surface area (Å²) in [6.45, 7) is 7.96. The lowest BCUT2D eigenvalue weighted by molar-refractivity contribution is -0.188. The van der Waals surface area contributed by atoms with E-state index in [4.69, 9.17) is 14.2 Å². The third-order valence-electron chi connectivity index (χ3n) is 4.51. The molecule has 0 radical (unpaired) electrons. The fraction of sp³-hybridized carbons (Fsp3) is 0.765. The van der Waals surface area contributed by atoms with E-state index in [9.17, 15) is 15.0 Å². The Morgan fingerprint density at radius 2 is 2.12 bits per heavy atom. The third-order valence-corrected chi connectivity index (χ3v) is 4.51. The normalized spacial score (nSPS) is 22.1. The van der Waals surface area contributed by atoms with Gasteiger partial charge in [-0.15, -0.1) is 0 Å². The van der Waals surface area contributed by atoms with Gasteiger partial charge in [-0.05, 0) is 19.8 Å². The quantitative estimate of drug-likeness (QED) is 0.645. The highest BCUT2D eigenvalue weighted by Gasteiger charge is 2.44. The van der Waals surface area contributed by atoms with Gasteiger partial charge in [0, 0.05) is 19.7 Å². The summed E-state index contributed by atoms with van der Waals surface area (Å²) in [5, 5.41) is 21.0. The molecule has 1 aliphatic heterocycles. The van der Waals surface area contributed by atoms with Gasteiger partial charge in [0.2, 0.25) is 0 Å². The van der Waals surface area contributed by atoms with E-state index in [0.717, 1.165) is 0 Å². The van der Waals surface area contributed by atoms with Crippen LogP contribution in [0.25, 0.3) is 0 Å². The second-order valence-electron chi connectivity index (χ2n) is 6.16. The van der Waals surface area contributed by atoms with E-state index in [0.29, 0.717) is 19.4 Å². The van der Waals surface area contributed by atoms with Gasteiger partial charge in [-0.2, -0.15) is 0 Å². The van der Waals surface area contributed by atoms with Gasteiger partial charge in [0.25, 0.3) is 0 Å². The smallest absolute Gasteiger partial charge is 0.195 e. The maximum atomic E-state index is 11.7. The lowest BCUT2D eigenvalue weighted by atomic mass is 10.1. The molecule has 142 valence electrons. The van der Waals surface area contributed by atoms with Crippen LogP contribution in [0.1, 0.15) is 63.0 Å². The number of aliphatic hydroxyl groups is 2. The molecule has 0 amide bonds. The molecule has 0 spiro atoms. The van der Waals surface area contributed by atoms with Crippen LogP contribution in [-0.4, -0.2) is 56.8 Å². The molecule has 8 nitrogen and oxygen atoms in total. The van der Waals surface area contributed by atoms with E-state index >= 15 is 0 Å². The van der Waals surface area contributed by atoms with Crippen molar-refractivity contribution in [3.05, 3.63) is 17.7 Å². The van der Waals surface area contributed by atoms with Crippen molar-refractivity contribution in [3.63, 3.8) is 0 Å². The Hall–Kier alpha value is -1.32. The Morgan fingerprint density at radius 3 is 2.64 bits per heavy atom. The number of ether oxygens (including phenoxy) is 3. The first-order valence-corrected chi connectivity index (χ1v) is 8.71. The fourth-order valence-corrected chi connectivity index (χ4v) is 2.89. The van der Waals surface area contributed by atoms with Gasteiger partial charge in [-0.25, -0.2) is 4.98 Å². The lowest BCUT2D eigenvalue weighted by Crippen LogP contribution is -2.37. The van der Waals surface area contributed by atoms with Crippen molar-refractivity contribution < 1.29 is 29.2 Å². The summed E-state index contributed by atoms with van der Waals surface area (Å²) < 4.78 is 18.4. The van der Waals surface area contributed by atoms with Gasteiger partial charge in [0.05, 0.1) is 12.3 Å². The van der Waals surface area contributed by atoms with Crippen molar-refractivity contribution >= 4 is 5.78 Å². The number of hydrogen-bond acceptors (Lipinski definition) is 7. The minimum absolute atomic E-state index is 0.152. The van der Waals surface area contributed by atoms with Crippen LogP contribution in [0, 0.1) is 0 Å². The molecule has 1 saturated heterocycles. The molecular formula is C17H28N2O6. The summed E-state index contributed by atoms with van der Waals surface area (Å²) in [6, 6.07) is 0. The number of hydrogen-bond donors (Lipinski definition) is 2. The van der Waals surface area contributed by atoms with Crippen LogP contribution < -0.4 is 0 Å². The molecule has 3 atom stereocenters. The average molecular weight is 356 g/mol. The van der Waals surface area contributed by atoms with Gasteiger partial charge in [-0.1, -0.05) is 13.8 Å². The monoisotopic (exact) mass is 356 g/mol. The molecule has 0 bridgehead atoms. The topological polar surface area (TPSA) is 103 Å². The van der Waals surface area contributed by atoms with Crippen LogP contribution in [0.2, 0.25) is 0 Å². The largest absolute Gasteiger partial charge is 0.387 e. The summed E-state index contributed by atoms with van der Waals surface area (Å²) in [7, 11) is 0. The highest BCUT2D eigenvalue weighted by Crippen LogP contribution is 2.34. The number of aliphatic hydroxyl groups excluding tert-OH is 2. The van der Waals surface area contributed by atoms with Crippen LogP contribution in [0.4, 0.5) is 0 Å². The van der Waals surface area contributed by atoms with Gasteiger partial charge in [-0.3, -0.25) is 4.79 Å². The highest BCUT2D eigenvalue weighted by molar-refractivity contribution is 5.90. The van der Waals surface area contributed by atoms with Crippen molar-refractivity contribution in [1.29, 1.82) is 0 Å². The Bertz CT molecular complexity index is 584. The van der Waals surface area contributed by atoms with Crippen LogP contribution in [0.5, 0.6) is 0 Å². The summed E-state index contributed by atoms with van der Waals surface area (Å²) in [5.41, 5.74) is 0.200. The molecule has 1 aliphatic rings. The number of aromatic nitrogens is 2. The molecule has 1 aromatic heterocycles. The van der Waals surface area contributed by atoms with E-state index in [-0.39, 0.29) is 30.6 Å². The Labute approximate surface area is 147 Å². The van der Waals surface area contributed by atoms with Crippen molar-refractivity contribution in [2.45, 2.75) is 71.4 Å². The number of rotatable bonds is 9. The Kier molecular flexibility index (Phi) is 6.70. The molecule has 8 heteroatoms. The molecular weight excluding hydrogens is 328 g/mol. The van der Waals surface area contributed by atoms with Crippen molar-refractivity contribution in [2.75, 3.05) is 13.2 Å². The molecule has 1 aromatic rings. The summed E-state index contributed by atoms with van der Waals surface area (Å²) in [6.07, 6.45) is -0.342. The summed E-state index contributed by atoms with van der Waals surface area (Å²) >= 11 is 0. The second-order valence-corrected chi connectivity index (χ2v) is 6.16. The maximum Gasteiger partial charge on any atom is 0.195 e. The van der Waals surface area contributed by atoms with Crippen LogP contribution >= 0.6 is 0 Å². The van der Waals surface area contributed by atoms with Crippen molar-refractivity contribution in [1.82, 2.24) is 9.55 Å². The number of ketones is 1. The zero-order chi connectivity index (χ0) is 18.6. The second kappa shape index (κ2) is 8.37. The fourth-order valence-electron chi connectivity index (χ4n) is 2.89. The average Bonchev–Trinajstić information content (AvgIpc) is 3.23. The van der Waals surface area contributed by atoms with E-state index in [1.165, 1.54) is 17.7 Å². The zero-order valence-corrected chi connectivity index (χ0v) is 15.3.